The summed E-state index contributed by atoms with van der Waals surface area (Å²) < 4.78 is 0. The van der Waals surface area contributed by atoms with E-state index in [2.05, 4.69) is 0 Å². The van der Waals surface area contributed by atoms with Crippen molar-refractivity contribution in [3.63, 3.8) is 0 Å². The third kappa shape index (κ3) is 1.60. The van der Waals surface area contributed by atoms with Crippen LogP contribution in [0.4, 0.5) is 0 Å². The van der Waals surface area contributed by atoms with Crippen molar-refractivity contribution in [1.29, 1.82) is 0 Å². The predicted octanol–water partition coefficient (Wildman–Crippen LogP) is 2.04. The fourth-order valence-electron chi connectivity index (χ4n) is 4.23. The first-order valence-electron chi connectivity index (χ1n) is 7.78. The van der Waals surface area contributed by atoms with E-state index in [0.29, 0.717) is 0 Å². The molecule has 4 nitrogen and oxygen atoms in total. The largest absolute Gasteiger partial charge is 0.272 e. The van der Waals surface area contributed by atoms with Crippen LogP contribution in [0, 0.1) is 11.8 Å². The van der Waals surface area contributed by atoms with Crippen LogP contribution in [0.25, 0.3) is 0 Å². The fraction of sp³-hybridized carbons (Fsp3) is 0.625. The maximum Gasteiger partial charge on any atom is 0.249 e. The maximum atomic E-state index is 12.8. The van der Waals surface area contributed by atoms with Gasteiger partial charge in [-0.1, -0.05) is 37.1 Å². The Morgan fingerprint density at radius 3 is 1.65 bits per heavy atom. The summed E-state index contributed by atoms with van der Waals surface area (Å²) in [6.45, 7) is 0. The number of amides is 2. The minimum absolute atomic E-state index is 0.131. The highest BCUT2D eigenvalue weighted by Gasteiger charge is 2.51. The van der Waals surface area contributed by atoms with Crippen LogP contribution in [0.3, 0.4) is 0 Å². The molecular weight excluding hydrogens is 252 g/mol. The third-order valence-electron chi connectivity index (χ3n) is 5.24. The van der Waals surface area contributed by atoms with Crippen LogP contribution in [0.1, 0.15) is 38.5 Å². The number of nitrogens with zero attached hydrogens (tertiary/aromatic N) is 2. The lowest BCUT2D eigenvalue weighted by molar-refractivity contribution is -0.201. The van der Waals surface area contributed by atoms with Gasteiger partial charge in [0.1, 0.15) is 0 Å². The summed E-state index contributed by atoms with van der Waals surface area (Å²) in [6, 6.07) is 0.478. The van der Waals surface area contributed by atoms with Crippen molar-refractivity contribution in [3.05, 3.63) is 24.3 Å². The average molecular weight is 272 g/mol. The lowest BCUT2D eigenvalue weighted by Crippen LogP contribution is -2.68. The number of allylic oxidation sites excluding steroid dienone is 2. The molecule has 4 aliphatic rings. The molecule has 106 valence electrons. The molecular formula is C16H20N2O2. The highest BCUT2D eigenvalue weighted by molar-refractivity contribution is 5.96. The van der Waals surface area contributed by atoms with Crippen LogP contribution >= 0.6 is 0 Å². The highest BCUT2D eigenvalue weighted by Crippen LogP contribution is 2.40. The first-order chi connectivity index (χ1) is 9.77. The summed E-state index contributed by atoms with van der Waals surface area (Å²) in [4.78, 5) is 25.7. The lowest BCUT2D eigenvalue weighted by Gasteiger charge is -2.55. The van der Waals surface area contributed by atoms with E-state index in [-0.39, 0.29) is 35.7 Å². The van der Waals surface area contributed by atoms with Crippen molar-refractivity contribution in [2.45, 2.75) is 50.6 Å². The number of fused-ring (bicyclic) bond motifs is 1. The predicted molar refractivity (Wildman–Crippen MR) is 74.2 cm³/mol. The monoisotopic (exact) mass is 272 g/mol. The third-order valence-corrected chi connectivity index (χ3v) is 5.24. The second kappa shape index (κ2) is 4.47. The van der Waals surface area contributed by atoms with Gasteiger partial charge in [-0.3, -0.25) is 9.59 Å². The Morgan fingerprint density at radius 2 is 1.20 bits per heavy atom. The number of carbonyl (C=O) groups is 2. The quantitative estimate of drug-likeness (QED) is 0.677. The van der Waals surface area contributed by atoms with Gasteiger partial charge in [-0.15, -0.1) is 0 Å². The maximum absolute atomic E-state index is 12.8. The fourth-order valence-corrected chi connectivity index (χ4v) is 4.23. The Morgan fingerprint density at radius 1 is 0.750 bits per heavy atom. The highest BCUT2D eigenvalue weighted by atomic mass is 16.2. The molecule has 4 atom stereocenters. The molecule has 0 aromatic heterocycles. The van der Waals surface area contributed by atoms with Gasteiger partial charge in [-0.2, -0.15) is 0 Å². The van der Waals surface area contributed by atoms with Gasteiger partial charge >= 0.3 is 0 Å². The van der Waals surface area contributed by atoms with Crippen molar-refractivity contribution in [2.24, 2.45) is 11.8 Å². The Kier molecular flexibility index (Phi) is 2.72. The topological polar surface area (TPSA) is 40.6 Å². The van der Waals surface area contributed by atoms with Crippen LogP contribution in [-0.4, -0.2) is 33.9 Å². The van der Waals surface area contributed by atoms with E-state index in [1.54, 1.807) is 0 Å². The van der Waals surface area contributed by atoms with Crippen molar-refractivity contribution < 1.29 is 9.59 Å². The molecule has 0 aromatic carbocycles. The van der Waals surface area contributed by atoms with Crippen molar-refractivity contribution in [1.82, 2.24) is 10.0 Å². The van der Waals surface area contributed by atoms with Crippen LogP contribution in [0.2, 0.25) is 0 Å². The summed E-state index contributed by atoms with van der Waals surface area (Å²) >= 11 is 0. The second-order valence-corrected chi connectivity index (χ2v) is 6.36. The first-order valence-corrected chi connectivity index (χ1v) is 7.78. The Labute approximate surface area is 119 Å². The Hall–Kier alpha value is -1.58. The lowest BCUT2D eigenvalue weighted by atomic mass is 9.80. The van der Waals surface area contributed by atoms with Crippen LogP contribution in [0.5, 0.6) is 0 Å². The molecule has 3 heterocycles. The summed E-state index contributed by atoms with van der Waals surface area (Å²) in [6.07, 6.45) is 14.1. The van der Waals surface area contributed by atoms with Gasteiger partial charge in [-0.25, -0.2) is 10.0 Å². The van der Waals surface area contributed by atoms with E-state index >= 15 is 0 Å². The van der Waals surface area contributed by atoms with E-state index < -0.39 is 0 Å². The molecule has 3 fully saturated rings. The van der Waals surface area contributed by atoms with E-state index in [0.717, 1.165) is 25.7 Å². The van der Waals surface area contributed by atoms with Crippen LogP contribution in [-0.2, 0) is 9.59 Å². The van der Waals surface area contributed by atoms with E-state index in [1.807, 2.05) is 34.3 Å². The number of rotatable bonds is 0. The smallest absolute Gasteiger partial charge is 0.249 e. The molecule has 0 aromatic rings. The summed E-state index contributed by atoms with van der Waals surface area (Å²) in [5.74, 6) is -0.285. The van der Waals surface area contributed by atoms with Crippen molar-refractivity contribution >= 4 is 11.8 Å². The molecule has 20 heavy (non-hydrogen) atoms. The zero-order valence-electron chi connectivity index (χ0n) is 11.6. The summed E-state index contributed by atoms with van der Waals surface area (Å²) in [5, 5.41) is 3.67. The molecule has 4 unspecified atom stereocenters. The van der Waals surface area contributed by atoms with Crippen molar-refractivity contribution in [2.75, 3.05) is 0 Å². The van der Waals surface area contributed by atoms with Crippen LogP contribution < -0.4 is 0 Å². The minimum Gasteiger partial charge on any atom is -0.272 e. The molecule has 2 amide bonds. The molecule has 0 spiro atoms. The summed E-state index contributed by atoms with van der Waals surface area (Å²) in [7, 11) is 0. The first kappa shape index (κ1) is 12.2. The van der Waals surface area contributed by atoms with E-state index in [4.69, 9.17) is 0 Å². The van der Waals surface area contributed by atoms with Gasteiger partial charge < -0.3 is 0 Å². The molecule has 1 aliphatic carbocycles. The summed E-state index contributed by atoms with van der Waals surface area (Å²) in [5.41, 5.74) is 0. The minimum atomic E-state index is -0.274. The van der Waals surface area contributed by atoms with Gasteiger partial charge in [0.2, 0.25) is 11.8 Å². The molecule has 4 rings (SSSR count). The van der Waals surface area contributed by atoms with Gasteiger partial charge in [0, 0.05) is 0 Å². The zero-order valence-corrected chi connectivity index (χ0v) is 11.6. The average Bonchev–Trinajstić information content (AvgIpc) is 2.44. The number of carbonyl (C=O) groups excluding carboxylic acids is 2. The van der Waals surface area contributed by atoms with Gasteiger partial charge in [0.15, 0.2) is 0 Å². The molecule has 0 N–H and O–H groups in total. The number of hydrogen-bond acceptors (Lipinski definition) is 2. The number of hydrazine groups is 1. The van der Waals surface area contributed by atoms with Gasteiger partial charge in [-0.05, 0) is 25.7 Å². The van der Waals surface area contributed by atoms with Gasteiger partial charge in [0.25, 0.3) is 0 Å². The molecule has 3 saturated heterocycles. The Balaban J connectivity index is 1.76. The van der Waals surface area contributed by atoms with Crippen molar-refractivity contribution in [3.8, 4) is 0 Å². The standard InChI is InChI=1S/C16H20N2O2/c19-15-13-7-3-4-8-14(13)16(20)18-12-6-2-1-5-11(9-10-12)17(15)18/h3-4,7-8,11-14H,1-2,5-6,9-10H2. The molecule has 3 aliphatic heterocycles. The van der Waals surface area contributed by atoms with E-state index in [9.17, 15) is 9.59 Å². The normalized spacial score (nSPS) is 39.4. The molecule has 0 saturated carbocycles. The van der Waals surface area contributed by atoms with Gasteiger partial charge in [0.05, 0.1) is 23.9 Å². The Bertz CT molecular complexity index is 461. The number of hydrogen-bond donors (Lipinski definition) is 0. The zero-order chi connectivity index (χ0) is 13.7. The van der Waals surface area contributed by atoms with Crippen LogP contribution in [0.15, 0.2) is 24.3 Å². The molecule has 2 bridgehead atoms. The van der Waals surface area contributed by atoms with E-state index in [1.165, 1.54) is 12.8 Å². The SMILES string of the molecule is O=C1C2C=CC=CC2C(=O)N2C3CCCCC(CC3)N12. The molecule has 4 heteroatoms. The molecule has 0 radical (unpaired) electrons. The second-order valence-electron chi connectivity index (χ2n) is 6.36.